The standard InChI is InChI=1S/C26H34F8N2O2S/c1-23(38,22(37)36-20-12-11-19(18-35)21(17-20)25(29,30)31)13-8-6-4-2-3-5-7-9-15-39-16-10-14-24(27,28)26(32,33)34/h11-12,17,38H,2-10,13-16H2,1H3,(H,36,37)/t23-/m0/s1. The van der Waals surface area contributed by atoms with Crippen molar-refractivity contribution in [3.8, 4) is 6.07 Å². The van der Waals surface area contributed by atoms with E-state index in [2.05, 4.69) is 5.32 Å². The van der Waals surface area contributed by atoms with Crippen molar-refractivity contribution in [2.24, 2.45) is 0 Å². The number of thioether (sulfide) groups is 1. The van der Waals surface area contributed by atoms with E-state index in [-0.39, 0.29) is 24.3 Å². The van der Waals surface area contributed by atoms with Gasteiger partial charge in [0.15, 0.2) is 0 Å². The highest BCUT2D eigenvalue weighted by atomic mass is 32.2. The van der Waals surface area contributed by atoms with Crippen LogP contribution >= 0.6 is 11.8 Å². The Morgan fingerprint density at radius 3 is 1.95 bits per heavy atom. The van der Waals surface area contributed by atoms with Crippen LogP contribution in [0.2, 0.25) is 0 Å². The van der Waals surface area contributed by atoms with Crippen molar-refractivity contribution < 1.29 is 45.0 Å². The molecule has 0 aliphatic heterocycles. The van der Waals surface area contributed by atoms with Gasteiger partial charge in [-0.25, -0.2) is 0 Å². The first-order valence-electron chi connectivity index (χ1n) is 12.7. The predicted molar refractivity (Wildman–Crippen MR) is 135 cm³/mol. The van der Waals surface area contributed by atoms with E-state index in [1.807, 2.05) is 0 Å². The fourth-order valence-corrected chi connectivity index (χ4v) is 4.67. The number of nitrogens with one attached hydrogen (secondary N) is 1. The molecule has 1 amide bonds. The fourth-order valence-electron chi connectivity index (χ4n) is 3.71. The zero-order valence-electron chi connectivity index (χ0n) is 21.7. The van der Waals surface area contributed by atoms with Crippen molar-refractivity contribution in [3.63, 3.8) is 0 Å². The number of carbonyl (C=O) groups excluding carboxylic acids is 1. The van der Waals surface area contributed by atoms with Gasteiger partial charge < -0.3 is 10.4 Å². The Balaban J connectivity index is 2.16. The SMILES string of the molecule is C[C@](O)(CCCCCCCCCCSCCCC(F)(F)C(F)(F)F)C(=O)Nc1ccc(C#N)c(C(F)(F)F)c1. The number of amides is 1. The molecule has 0 saturated carbocycles. The largest absolute Gasteiger partial charge is 0.453 e. The van der Waals surface area contributed by atoms with Gasteiger partial charge in [0.1, 0.15) is 5.60 Å². The number of anilines is 1. The number of aliphatic hydroxyl groups is 1. The Morgan fingerprint density at radius 2 is 1.41 bits per heavy atom. The van der Waals surface area contributed by atoms with E-state index < -0.39 is 47.3 Å². The Kier molecular flexibility index (Phi) is 14.0. The summed E-state index contributed by atoms with van der Waals surface area (Å²) in [5, 5.41) is 21.6. The second-order valence-electron chi connectivity index (χ2n) is 9.59. The number of rotatable bonds is 17. The average Bonchev–Trinajstić information content (AvgIpc) is 2.82. The van der Waals surface area contributed by atoms with E-state index >= 15 is 0 Å². The summed E-state index contributed by atoms with van der Waals surface area (Å²) in [6.07, 6.45) is -4.77. The molecule has 1 aromatic rings. The summed E-state index contributed by atoms with van der Waals surface area (Å²) in [5.74, 6) is -4.51. The van der Waals surface area contributed by atoms with Gasteiger partial charge in [-0.2, -0.15) is 52.1 Å². The van der Waals surface area contributed by atoms with E-state index in [1.54, 1.807) is 0 Å². The first kappa shape index (κ1) is 35.0. The van der Waals surface area contributed by atoms with E-state index in [0.717, 1.165) is 51.0 Å². The van der Waals surface area contributed by atoms with Crippen LogP contribution in [0.5, 0.6) is 0 Å². The normalized spacial score (nSPS) is 14.1. The van der Waals surface area contributed by atoms with E-state index in [9.17, 15) is 45.0 Å². The van der Waals surface area contributed by atoms with Crippen molar-refractivity contribution in [1.82, 2.24) is 0 Å². The number of alkyl halides is 8. The highest BCUT2D eigenvalue weighted by Crippen LogP contribution is 2.39. The summed E-state index contributed by atoms with van der Waals surface area (Å²) in [6.45, 7) is 1.29. The minimum absolute atomic E-state index is 0.118. The fraction of sp³-hybridized carbons (Fsp3) is 0.692. The summed E-state index contributed by atoms with van der Waals surface area (Å²) < 4.78 is 101. The highest BCUT2D eigenvalue weighted by Gasteiger charge is 2.56. The Bertz CT molecular complexity index is 943. The van der Waals surface area contributed by atoms with E-state index in [4.69, 9.17) is 5.26 Å². The second kappa shape index (κ2) is 15.6. The average molecular weight is 591 g/mol. The van der Waals surface area contributed by atoms with Crippen molar-refractivity contribution in [1.29, 1.82) is 5.26 Å². The van der Waals surface area contributed by atoms with E-state index in [1.165, 1.54) is 30.8 Å². The zero-order chi connectivity index (χ0) is 29.7. The lowest BCUT2D eigenvalue weighted by molar-refractivity contribution is -0.284. The van der Waals surface area contributed by atoms with Crippen LogP contribution < -0.4 is 5.32 Å². The molecule has 0 unspecified atom stereocenters. The molecule has 0 fully saturated rings. The zero-order valence-corrected chi connectivity index (χ0v) is 22.5. The summed E-state index contributed by atoms with van der Waals surface area (Å²) in [6, 6.07) is 4.24. The molecule has 2 N–H and O–H groups in total. The molecular weight excluding hydrogens is 556 g/mol. The minimum atomic E-state index is -5.50. The van der Waals surface area contributed by atoms with Crippen molar-refractivity contribution in [2.45, 2.75) is 101 Å². The molecule has 0 bridgehead atoms. The monoisotopic (exact) mass is 590 g/mol. The lowest BCUT2D eigenvalue weighted by Crippen LogP contribution is -2.40. The van der Waals surface area contributed by atoms with Crippen molar-refractivity contribution >= 4 is 23.4 Å². The molecule has 1 rings (SSSR count). The molecule has 1 aromatic carbocycles. The number of halogens is 8. The minimum Gasteiger partial charge on any atom is -0.380 e. The molecule has 0 aliphatic carbocycles. The lowest BCUT2D eigenvalue weighted by Gasteiger charge is -2.22. The molecule has 0 spiro atoms. The highest BCUT2D eigenvalue weighted by molar-refractivity contribution is 7.99. The van der Waals surface area contributed by atoms with Gasteiger partial charge in [-0.3, -0.25) is 4.79 Å². The summed E-state index contributed by atoms with van der Waals surface area (Å²) in [5.41, 5.74) is -3.70. The lowest BCUT2D eigenvalue weighted by atomic mass is 9.96. The topological polar surface area (TPSA) is 73.1 Å². The van der Waals surface area contributed by atoms with Gasteiger partial charge in [-0.05, 0) is 55.9 Å². The summed E-state index contributed by atoms with van der Waals surface area (Å²) in [4.78, 5) is 12.4. The maximum atomic E-state index is 13.1. The van der Waals surface area contributed by atoms with Crippen LogP contribution in [-0.4, -0.2) is 40.2 Å². The van der Waals surface area contributed by atoms with Gasteiger partial charge in [0, 0.05) is 12.1 Å². The van der Waals surface area contributed by atoms with Crippen LogP contribution in [0.15, 0.2) is 18.2 Å². The molecule has 1 atom stereocenters. The first-order valence-corrected chi connectivity index (χ1v) is 13.8. The molecule has 0 saturated heterocycles. The van der Waals surface area contributed by atoms with Gasteiger partial charge in [0.2, 0.25) is 0 Å². The molecule has 13 heteroatoms. The van der Waals surface area contributed by atoms with Crippen LogP contribution in [0, 0.1) is 11.3 Å². The number of unbranched alkanes of at least 4 members (excludes halogenated alkanes) is 7. The van der Waals surface area contributed by atoms with Crippen LogP contribution in [0.1, 0.15) is 88.7 Å². The molecule has 39 heavy (non-hydrogen) atoms. The number of nitrogens with zero attached hydrogens (tertiary/aromatic N) is 1. The molecule has 222 valence electrons. The Hall–Kier alpha value is -2.07. The predicted octanol–water partition coefficient (Wildman–Crippen LogP) is 8.49. The third-order valence-electron chi connectivity index (χ3n) is 6.09. The van der Waals surface area contributed by atoms with Gasteiger partial charge in [0.25, 0.3) is 5.91 Å². The first-order chi connectivity index (χ1) is 18.0. The van der Waals surface area contributed by atoms with Crippen LogP contribution in [0.3, 0.4) is 0 Å². The number of hydrogen-bond donors (Lipinski definition) is 2. The molecule has 0 heterocycles. The molecule has 4 nitrogen and oxygen atoms in total. The summed E-state index contributed by atoms with van der Waals surface area (Å²) in [7, 11) is 0. The second-order valence-corrected chi connectivity index (χ2v) is 10.8. The van der Waals surface area contributed by atoms with Crippen molar-refractivity contribution in [2.75, 3.05) is 16.8 Å². The smallest absolute Gasteiger partial charge is 0.380 e. The number of nitriles is 1. The Labute approximate surface area is 227 Å². The molecular formula is C26H34F8N2O2S. The van der Waals surface area contributed by atoms with Gasteiger partial charge >= 0.3 is 18.3 Å². The summed E-state index contributed by atoms with van der Waals surface area (Å²) >= 11 is 1.37. The van der Waals surface area contributed by atoms with E-state index in [0.29, 0.717) is 18.2 Å². The third-order valence-corrected chi connectivity index (χ3v) is 7.24. The van der Waals surface area contributed by atoms with Crippen LogP contribution in [0.25, 0.3) is 0 Å². The third kappa shape index (κ3) is 12.8. The Morgan fingerprint density at radius 1 is 0.872 bits per heavy atom. The number of carbonyl (C=O) groups is 1. The molecule has 0 aliphatic rings. The van der Waals surface area contributed by atoms with Gasteiger partial charge in [0.05, 0.1) is 17.2 Å². The quantitative estimate of drug-likeness (QED) is 0.141. The van der Waals surface area contributed by atoms with Gasteiger partial charge in [-0.1, -0.05) is 44.9 Å². The van der Waals surface area contributed by atoms with Crippen LogP contribution in [-0.2, 0) is 11.0 Å². The number of benzene rings is 1. The molecule has 0 aromatic heterocycles. The molecule has 0 radical (unpaired) electrons. The van der Waals surface area contributed by atoms with Crippen LogP contribution in [0.4, 0.5) is 40.8 Å². The maximum absolute atomic E-state index is 13.1. The van der Waals surface area contributed by atoms with Crippen molar-refractivity contribution in [3.05, 3.63) is 29.3 Å². The maximum Gasteiger partial charge on any atom is 0.453 e. The van der Waals surface area contributed by atoms with Gasteiger partial charge in [-0.15, -0.1) is 0 Å². The number of hydrogen-bond acceptors (Lipinski definition) is 4.